The second-order valence-corrected chi connectivity index (χ2v) is 4.90. The molecular weight excluding hydrogens is 272 g/mol. The third kappa shape index (κ3) is 2.97. The normalized spacial score (nSPS) is 10.8. The smallest absolute Gasteiger partial charge is 0.159 e. The SMILES string of the molecule is Cc1cncc(Cn2ccc(-c3ccc(F)c(F)c3)n2)c1. The summed E-state index contributed by atoms with van der Waals surface area (Å²) in [6, 6.07) is 7.57. The number of rotatable bonds is 3. The van der Waals surface area contributed by atoms with Crippen LogP contribution in [0, 0.1) is 18.6 Å². The van der Waals surface area contributed by atoms with Crippen molar-refractivity contribution in [2.24, 2.45) is 0 Å². The van der Waals surface area contributed by atoms with Crippen molar-refractivity contribution in [3.63, 3.8) is 0 Å². The molecule has 5 heteroatoms. The molecule has 106 valence electrons. The fourth-order valence-electron chi connectivity index (χ4n) is 2.15. The van der Waals surface area contributed by atoms with Gasteiger partial charge in [0.2, 0.25) is 0 Å². The minimum absolute atomic E-state index is 0.551. The van der Waals surface area contributed by atoms with Crippen molar-refractivity contribution in [2.75, 3.05) is 0 Å². The number of halogens is 2. The Bertz CT molecular complexity index is 781. The predicted molar refractivity (Wildman–Crippen MR) is 75.7 cm³/mol. The highest BCUT2D eigenvalue weighted by Crippen LogP contribution is 2.19. The first-order chi connectivity index (χ1) is 10.1. The van der Waals surface area contributed by atoms with Crippen molar-refractivity contribution in [3.05, 3.63) is 71.7 Å². The maximum atomic E-state index is 13.2. The van der Waals surface area contributed by atoms with Gasteiger partial charge < -0.3 is 0 Å². The van der Waals surface area contributed by atoms with E-state index in [1.165, 1.54) is 6.07 Å². The van der Waals surface area contributed by atoms with E-state index in [1.807, 2.05) is 13.0 Å². The fourth-order valence-corrected chi connectivity index (χ4v) is 2.15. The molecule has 0 unspecified atom stereocenters. The summed E-state index contributed by atoms with van der Waals surface area (Å²) in [7, 11) is 0. The first-order valence-electron chi connectivity index (χ1n) is 6.51. The Kier molecular flexibility index (Phi) is 3.48. The molecule has 3 rings (SSSR count). The maximum absolute atomic E-state index is 13.2. The van der Waals surface area contributed by atoms with Crippen LogP contribution in [0.25, 0.3) is 11.3 Å². The van der Waals surface area contributed by atoms with Gasteiger partial charge in [-0.3, -0.25) is 9.67 Å². The van der Waals surface area contributed by atoms with Crippen LogP contribution in [-0.2, 0) is 6.54 Å². The number of benzene rings is 1. The van der Waals surface area contributed by atoms with Gasteiger partial charge in [0.15, 0.2) is 11.6 Å². The quantitative estimate of drug-likeness (QED) is 0.736. The third-order valence-electron chi connectivity index (χ3n) is 3.13. The molecule has 0 atom stereocenters. The van der Waals surface area contributed by atoms with Crippen LogP contribution >= 0.6 is 0 Å². The molecule has 3 aromatic rings. The van der Waals surface area contributed by atoms with Crippen LogP contribution < -0.4 is 0 Å². The van der Waals surface area contributed by atoms with E-state index in [1.54, 1.807) is 29.3 Å². The lowest BCUT2D eigenvalue weighted by molar-refractivity contribution is 0.509. The van der Waals surface area contributed by atoms with Crippen LogP contribution in [0.15, 0.2) is 48.9 Å². The van der Waals surface area contributed by atoms with Gasteiger partial charge in [0, 0.05) is 24.2 Å². The third-order valence-corrected chi connectivity index (χ3v) is 3.13. The van der Waals surface area contributed by atoms with E-state index in [2.05, 4.69) is 10.1 Å². The highest BCUT2D eigenvalue weighted by Gasteiger charge is 2.07. The number of aryl methyl sites for hydroxylation is 1. The van der Waals surface area contributed by atoms with E-state index < -0.39 is 11.6 Å². The average Bonchev–Trinajstić information content (AvgIpc) is 2.90. The zero-order valence-corrected chi connectivity index (χ0v) is 11.4. The van der Waals surface area contributed by atoms with Crippen molar-refractivity contribution >= 4 is 0 Å². The Morgan fingerprint density at radius 2 is 1.90 bits per heavy atom. The fraction of sp³-hybridized carbons (Fsp3) is 0.125. The van der Waals surface area contributed by atoms with Crippen molar-refractivity contribution in [2.45, 2.75) is 13.5 Å². The van der Waals surface area contributed by atoms with Crippen LogP contribution in [0.4, 0.5) is 8.78 Å². The molecule has 3 nitrogen and oxygen atoms in total. The second-order valence-electron chi connectivity index (χ2n) is 4.90. The van der Waals surface area contributed by atoms with E-state index >= 15 is 0 Å². The summed E-state index contributed by atoms with van der Waals surface area (Å²) in [6.45, 7) is 2.56. The highest BCUT2D eigenvalue weighted by molar-refractivity contribution is 5.58. The van der Waals surface area contributed by atoms with Gasteiger partial charge in [-0.25, -0.2) is 8.78 Å². The number of hydrogen-bond donors (Lipinski definition) is 0. The average molecular weight is 285 g/mol. The van der Waals surface area contributed by atoms with E-state index in [9.17, 15) is 8.78 Å². The zero-order valence-electron chi connectivity index (χ0n) is 11.4. The lowest BCUT2D eigenvalue weighted by Gasteiger charge is -2.03. The Labute approximate surface area is 120 Å². The number of hydrogen-bond acceptors (Lipinski definition) is 2. The van der Waals surface area contributed by atoms with Crippen molar-refractivity contribution in [1.82, 2.24) is 14.8 Å². The first kappa shape index (κ1) is 13.4. The first-order valence-corrected chi connectivity index (χ1v) is 6.51. The Morgan fingerprint density at radius 1 is 1.05 bits per heavy atom. The van der Waals surface area contributed by atoms with Crippen LogP contribution in [0.5, 0.6) is 0 Å². The molecule has 0 bridgehead atoms. The molecule has 1 aromatic carbocycles. The van der Waals surface area contributed by atoms with E-state index in [0.29, 0.717) is 17.8 Å². The summed E-state index contributed by atoms with van der Waals surface area (Å²) in [5.74, 6) is -1.73. The van der Waals surface area contributed by atoms with Crippen LogP contribution in [0.2, 0.25) is 0 Å². The molecule has 0 spiro atoms. The Morgan fingerprint density at radius 3 is 2.67 bits per heavy atom. The van der Waals surface area contributed by atoms with Crippen molar-refractivity contribution in [3.8, 4) is 11.3 Å². The molecule has 0 aliphatic rings. The maximum Gasteiger partial charge on any atom is 0.159 e. The molecule has 0 radical (unpaired) electrons. The zero-order chi connectivity index (χ0) is 14.8. The molecule has 0 aliphatic carbocycles. The summed E-state index contributed by atoms with van der Waals surface area (Å²) < 4.78 is 27.9. The Balaban J connectivity index is 1.84. The summed E-state index contributed by atoms with van der Waals surface area (Å²) in [5, 5.41) is 4.38. The molecule has 0 N–H and O–H groups in total. The molecule has 0 amide bonds. The lowest BCUT2D eigenvalue weighted by Crippen LogP contribution is -2.01. The lowest BCUT2D eigenvalue weighted by atomic mass is 10.1. The van der Waals surface area contributed by atoms with Gasteiger partial charge in [0.05, 0.1) is 12.2 Å². The van der Waals surface area contributed by atoms with Gasteiger partial charge >= 0.3 is 0 Å². The van der Waals surface area contributed by atoms with E-state index in [-0.39, 0.29) is 0 Å². The molecule has 2 heterocycles. The number of aromatic nitrogens is 3. The standard InChI is InChI=1S/C16H13F2N3/c1-11-6-12(9-19-8-11)10-21-5-4-16(20-21)13-2-3-14(17)15(18)7-13/h2-9H,10H2,1H3. The number of pyridine rings is 1. The summed E-state index contributed by atoms with van der Waals surface area (Å²) in [5.41, 5.74) is 3.28. The van der Waals surface area contributed by atoms with Gasteiger partial charge in [0.25, 0.3) is 0 Å². The van der Waals surface area contributed by atoms with Crippen LogP contribution in [0.1, 0.15) is 11.1 Å². The molecule has 0 saturated heterocycles. The molecule has 0 aliphatic heterocycles. The van der Waals surface area contributed by atoms with Gasteiger partial charge in [-0.1, -0.05) is 6.07 Å². The van der Waals surface area contributed by atoms with E-state index in [0.717, 1.165) is 23.3 Å². The Hall–Kier alpha value is -2.56. The minimum Gasteiger partial charge on any atom is -0.268 e. The molecule has 0 fully saturated rings. The molecular formula is C16H13F2N3. The van der Waals surface area contributed by atoms with Crippen molar-refractivity contribution < 1.29 is 8.78 Å². The van der Waals surface area contributed by atoms with Crippen molar-refractivity contribution in [1.29, 1.82) is 0 Å². The minimum atomic E-state index is -0.870. The van der Waals surface area contributed by atoms with Gasteiger partial charge in [-0.15, -0.1) is 0 Å². The van der Waals surface area contributed by atoms with Gasteiger partial charge in [0.1, 0.15) is 0 Å². The van der Waals surface area contributed by atoms with Gasteiger partial charge in [-0.2, -0.15) is 5.10 Å². The molecule has 21 heavy (non-hydrogen) atoms. The van der Waals surface area contributed by atoms with Crippen LogP contribution in [-0.4, -0.2) is 14.8 Å². The summed E-state index contributed by atoms with van der Waals surface area (Å²) in [4.78, 5) is 4.13. The van der Waals surface area contributed by atoms with Gasteiger partial charge in [-0.05, 0) is 42.3 Å². The predicted octanol–water partition coefficient (Wildman–Crippen LogP) is 3.58. The summed E-state index contributed by atoms with van der Waals surface area (Å²) >= 11 is 0. The highest BCUT2D eigenvalue weighted by atomic mass is 19.2. The number of nitrogens with zero attached hydrogens (tertiary/aromatic N) is 3. The summed E-state index contributed by atoms with van der Waals surface area (Å²) in [6.07, 6.45) is 5.38. The van der Waals surface area contributed by atoms with E-state index in [4.69, 9.17) is 0 Å². The monoisotopic (exact) mass is 285 g/mol. The largest absolute Gasteiger partial charge is 0.268 e. The molecule has 2 aromatic heterocycles. The second kappa shape index (κ2) is 5.44. The molecule has 0 saturated carbocycles. The van der Waals surface area contributed by atoms with Crippen LogP contribution in [0.3, 0.4) is 0 Å². The topological polar surface area (TPSA) is 30.7 Å².